The molecule has 0 aliphatic carbocycles. The molecule has 0 heterocycles. The SMILES string of the molecule is CC(C)NC(C(C)(C)C)C(C)(C)C. The Kier molecular flexibility index (Phi) is 3.98. The molecule has 0 radical (unpaired) electrons. The van der Waals surface area contributed by atoms with Gasteiger partial charge in [0.2, 0.25) is 0 Å². The van der Waals surface area contributed by atoms with Gasteiger partial charge in [-0.05, 0) is 10.8 Å². The predicted octanol–water partition coefficient (Wildman–Crippen LogP) is 3.45. The van der Waals surface area contributed by atoms with Crippen molar-refractivity contribution in [3.63, 3.8) is 0 Å². The molecule has 13 heavy (non-hydrogen) atoms. The molecule has 0 aliphatic rings. The van der Waals surface area contributed by atoms with Crippen LogP contribution >= 0.6 is 0 Å². The van der Waals surface area contributed by atoms with E-state index in [-0.39, 0.29) is 0 Å². The third kappa shape index (κ3) is 4.66. The van der Waals surface area contributed by atoms with Gasteiger partial charge in [0.1, 0.15) is 0 Å². The van der Waals surface area contributed by atoms with E-state index in [1.54, 1.807) is 0 Å². The molecular formula is C12H27N. The van der Waals surface area contributed by atoms with Crippen LogP contribution in [0.15, 0.2) is 0 Å². The van der Waals surface area contributed by atoms with Crippen molar-refractivity contribution in [1.29, 1.82) is 0 Å². The summed E-state index contributed by atoms with van der Waals surface area (Å²) in [6.07, 6.45) is 0. The van der Waals surface area contributed by atoms with Crippen LogP contribution in [0.25, 0.3) is 0 Å². The Labute approximate surface area is 84.3 Å². The fourth-order valence-electron chi connectivity index (χ4n) is 2.13. The Bertz CT molecular complexity index is 131. The van der Waals surface area contributed by atoms with Crippen molar-refractivity contribution in [3.8, 4) is 0 Å². The van der Waals surface area contributed by atoms with Crippen molar-refractivity contribution in [2.75, 3.05) is 0 Å². The van der Waals surface area contributed by atoms with E-state index >= 15 is 0 Å². The molecule has 80 valence electrons. The highest BCUT2D eigenvalue weighted by Gasteiger charge is 2.34. The second-order valence-corrected chi connectivity index (χ2v) is 6.49. The number of hydrogen-bond donors (Lipinski definition) is 1. The van der Waals surface area contributed by atoms with Crippen LogP contribution in [-0.2, 0) is 0 Å². The molecule has 0 rings (SSSR count). The lowest BCUT2D eigenvalue weighted by Gasteiger charge is -2.42. The molecular weight excluding hydrogens is 158 g/mol. The summed E-state index contributed by atoms with van der Waals surface area (Å²) in [5, 5.41) is 3.66. The van der Waals surface area contributed by atoms with Crippen LogP contribution < -0.4 is 5.32 Å². The van der Waals surface area contributed by atoms with Crippen molar-refractivity contribution in [3.05, 3.63) is 0 Å². The minimum absolute atomic E-state index is 0.322. The highest BCUT2D eigenvalue weighted by molar-refractivity contribution is 4.90. The van der Waals surface area contributed by atoms with Crippen molar-refractivity contribution >= 4 is 0 Å². The van der Waals surface area contributed by atoms with Gasteiger partial charge in [-0.3, -0.25) is 0 Å². The zero-order valence-corrected chi connectivity index (χ0v) is 10.7. The highest BCUT2D eigenvalue weighted by atomic mass is 15.0. The molecule has 0 saturated heterocycles. The van der Waals surface area contributed by atoms with E-state index in [1.807, 2.05) is 0 Å². The Morgan fingerprint density at radius 1 is 0.769 bits per heavy atom. The average Bonchev–Trinajstić information content (AvgIpc) is 1.77. The standard InChI is InChI=1S/C12H27N/c1-9(2)13-10(11(3,4)5)12(6,7)8/h9-10,13H,1-8H3. The summed E-state index contributed by atoms with van der Waals surface area (Å²) >= 11 is 0. The molecule has 0 saturated carbocycles. The van der Waals surface area contributed by atoms with Crippen molar-refractivity contribution in [2.45, 2.75) is 67.5 Å². The topological polar surface area (TPSA) is 12.0 Å². The van der Waals surface area contributed by atoms with Crippen molar-refractivity contribution < 1.29 is 0 Å². The molecule has 0 amide bonds. The fourth-order valence-corrected chi connectivity index (χ4v) is 2.13. The fraction of sp³-hybridized carbons (Fsp3) is 1.00. The first-order chi connectivity index (χ1) is 5.55. The summed E-state index contributed by atoms with van der Waals surface area (Å²) in [7, 11) is 0. The van der Waals surface area contributed by atoms with Crippen LogP contribution in [0.5, 0.6) is 0 Å². The van der Waals surface area contributed by atoms with Crippen LogP contribution in [0.3, 0.4) is 0 Å². The molecule has 0 spiro atoms. The maximum atomic E-state index is 3.66. The van der Waals surface area contributed by atoms with E-state index in [1.165, 1.54) is 0 Å². The van der Waals surface area contributed by atoms with Crippen LogP contribution in [-0.4, -0.2) is 12.1 Å². The summed E-state index contributed by atoms with van der Waals surface area (Å²) in [6, 6.07) is 1.11. The molecule has 1 nitrogen and oxygen atoms in total. The van der Waals surface area contributed by atoms with E-state index in [0.717, 1.165) is 0 Å². The second-order valence-electron chi connectivity index (χ2n) is 6.49. The lowest BCUT2D eigenvalue weighted by Crippen LogP contribution is -2.51. The number of hydrogen-bond acceptors (Lipinski definition) is 1. The van der Waals surface area contributed by atoms with Gasteiger partial charge in [0.05, 0.1) is 0 Å². The van der Waals surface area contributed by atoms with E-state index < -0.39 is 0 Å². The summed E-state index contributed by atoms with van der Waals surface area (Å²) in [6.45, 7) is 18.2. The third-order valence-corrected chi connectivity index (χ3v) is 2.23. The summed E-state index contributed by atoms with van der Waals surface area (Å²) in [5.74, 6) is 0. The van der Waals surface area contributed by atoms with Gasteiger partial charge >= 0.3 is 0 Å². The zero-order chi connectivity index (χ0) is 10.9. The Morgan fingerprint density at radius 3 is 1.15 bits per heavy atom. The smallest absolute Gasteiger partial charge is 0.0166 e. The zero-order valence-electron chi connectivity index (χ0n) is 10.7. The van der Waals surface area contributed by atoms with E-state index in [9.17, 15) is 0 Å². The number of nitrogens with one attached hydrogen (secondary N) is 1. The molecule has 0 aliphatic heterocycles. The minimum atomic E-state index is 0.322. The first kappa shape index (κ1) is 13.0. The van der Waals surface area contributed by atoms with Crippen LogP contribution in [0.2, 0.25) is 0 Å². The minimum Gasteiger partial charge on any atom is -0.311 e. The van der Waals surface area contributed by atoms with E-state index in [0.29, 0.717) is 22.9 Å². The van der Waals surface area contributed by atoms with Gasteiger partial charge < -0.3 is 5.32 Å². The molecule has 0 fully saturated rings. The normalized spacial score (nSPS) is 14.3. The van der Waals surface area contributed by atoms with Crippen molar-refractivity contribution in [1.82, 2.24) is 5.32 Å². The quantitative estimate of drug-likeness (QED) is 0.695. The van der Waals surface area contributed by atoms with Gasteiger partial charge in [-0.1, -0.05) is 55.4 Å². The van der Waals surface area contributed by atoms with E-state index in [4.69, 9.17) is 0 Å². The lowest BCUT2D eigenvalue weighted by molar-refractivity contribution is 0.131. The van der Waals surface area contributed by atoms with Gasteiger partial charge in [0, 0.05) is 12.1 Å². The summed E-state index contributed by atoms with van der Waals surface area (Å²) in [4.78, 5) is 0. The maximum absolute atomic E-state index is 3.66. The van der Waals surface area contributed by atoms with Gasteiger partial charge in [-0.2, -0.15) is 0 Å². The Hall–Kier alpha value is -0.0400. The first-order valence-electron chi connectivity index (χ1n) is 5.31. The largest absolute Gasteiger partial charge is 0.311 e. The lowest BCUT2D eigenvalue weighted by atomic mass is 9.72. The highest BCUT2D eigenvalue weighted by Crippen LogP contribution is 2.33. The molecule has 1 N–H and O–H groups in total. The molecule has 0 aromatic carbocycles. The van der Waals surface area contributed by atoms with Crippen LogP contribution in [0, 0.1) is 10.8 Å². The van der Waals surface area contributed by atoms with Crippen LogP contribution in [0.1, 0.15) is 55.4 Å². The second kappa shape index (κ2) is 4.00. The van der Waals surface area contributed by atoms with Gasteiger partial charge in [-0.15, -0.1) is 0 Å². The third-order valence-electron chi connectivity index (χ3n) is 2.23. The summed E-state index contributed by atoms with van der Waals surface area (Å²) in [5.41, 5.74) is 0.644. The Morgan fingerprint density at radius 2 is 1.08 bits per heavy atom. The van der Waals surface area contributed by atoms with Gasteiger partial charge in [0.25, 0.3) is 0 Å². The molecule has 0 atom stereocenters. The predicted molar refractivity (Wildman–Crippen MR) is 61.0 cm³/mol. The molecule has 0 bridgehead atoms. The average molecular weight is 185 g/mol. The summed E-state index contributed by atoms with van der Waals surface area (Å²) < 4.78 is 0. The monoisotopic (exact) mass is 185 g/mol. The van der Waals surface area contributed by atoms with E-state index in [2.05, 4.69) is 60.7 Å². The number of rotatable bonds is 2. The van der Waals surface area contributed by atoms with Crippen LogP contribution in [0.4, 0.5) is 0 Å². The first-order valence-corrected chi connectivity index (χ1v) is 5.31. The maximum Gasteiger partial charge on any atom is 0.0166 e. The van der Waals surface area contributed by atoms with Gasteiger partial charge in [0.15, 0.2) is 0 Å². The molecule has 0 aromatic rings. The Balaban J connectivity index is 4.58. The molecule has 0 unspecified atom stereocenters. The molecule has 0 aromatic heterocycles. The van der Waals surface area contributed by atoms with Crippen molar-refractivity contribution in [2.24, 2.45) is 10.8 Å². The van der Waals surface area contributed by atoms with Gasteiger partial charge in [-0.25, -0.2) is 0 Å². The molecule has 1 heteroatoms.